The second-order valence-electron chi connectivity index (χ2n) is 7.23. The summed E-state index contributed by atoms with van der Waals surface area (Å²) in [6.07, 6.45) is 7.44. The number of esters is 1. The van der Waals surface area contributed by atoms with Crippen molar-refractivity contribution in [3.63, 3.8) is 0 Å². The summed E-state index contributed by atoms with van der Waals surface area (Å²) in [5, 5.41) is 0. The minimum atomic E-state index is -0.512. The highest BCUT2D eigenvalue weighted by Crippen LogP contribution is 2.33. The maximum Gasteiger partial charge on any atom is 0.312 e. The van der Waals surface area contributed by atoms with Crippen LogP contribution in [0.5, 0.6) is 0 Å². The molecule has 2 rings (SSSR count). The van der Waals surface area contributed by atoms with Crippen LogP contribution in [-0.4, -0.2) is 42.9 Å². The molecule has 2 fully saturated rings. The SMILES string of the molecule is COC(=O)C(C)(C)CN1CCCCC1C1CCCCC1=O. The molecule has 0 N–H and O–H groups in total. The molecule has 2 aliphatic rings. The standard InChI is InChI=1S/C17H29NO3/c1-17(2,16(20)21-3)12-18-11-7-6-9-14(18)13-8-4-5-10-15(13)19/h13-14H,4-12H2,1-3H3. The van der Waals surface area contributed by atoms with Crippen molar-refractivity contribution >= 4 is 11.8 Å². The normalized spacial score (nSPS) is 28.4. The highest BCUT2D eigenvalue weighted by Gasteiger charge is 2.39. The van der Waals surface area contributed by atoms with Crippen LogP contribution in [0.25, 0.3) is 0 Å². The molecule has 1 aliphatic heterocycles. The van der Waals surface area contributed by atoms with Crippen LogP contribution in [-0.2, 0) is 14.3 Å². The lowest BCUT2D eigenvalue weighted by molar-refractivity contribution is -0.152. The third-order valence-corrected chi connectivity index (χ3v) is 5.07. The van der Waals surface area contributed by atoms with Crippen LogP contribution < -0.4 is 0 Å². The lowest BCUT2D eigenvalue weighted by atomic mass is 9.78. The van der Waals surface area contributed by atoms with E-state index in [1.807, 2.05) is 13.8 Å². The first kappa shape index (κ1) is 16.5. The fourth-order valence-corrected chi connectivity index (χ4v) is 3.93. The van der Waals surface area contributed by atoms with Crippen molar-refractivity contribution in [2.45, 2.75) is 64.8 Å². The molecule has 2 atom stereocenters. The number of Topliss-reactive ketones (excluding diaryl/α,β-unsaturated/α-hetero) is 1. The van der Waals surface area contributed by atoms with E-state index < -0.39 is 5.41 Å². The molecule has 0 bridgehead atoms. The Morgan fingerprint density at radius 3 is 2.62 bits per heavy atom. The fraction of sp³-hybridized carbons (Fsp3) is 0.882. The topological polar surface area (TPSA) is 46.6 Å². The molecular weight excluding hydrogens is 266 g/mol. The van der Waals surface area contributed by atoms with E-state index in [0.717, 1.165) is 38.6 Å². The first-order valence-corrected chi connectivity index (χ1v) is 8.31. The van der Waals surface area contributed by atoms with Crippen molar-refractivity contribution in [1.82, 2.24) is 4.90 Å². The van der Waals surface area contributed by atoms with Crippen LogP contribution in [0.2, 0.25) is 0 Å². The molecule has 0 amide bonds. The number of hydrogen-bond donors (Lipinski definition) is 0. The summed E-state index contributed by atoms with van der Waals surface area (Å²) >= 11 is 0. The second kappa shape index (κ2) is 6.91. The molecule has 1 saturated heterocycles. The average Bonchev–Trinajstić information content (AvgIpc) is 2.47. The van der Waals surface area contributed by atoms with Gasteiger partial charge in [-0.15, -0.1) is 0 Å². The van der Waals surface area contributed by atoms with Crippen molar-refractivity contribution in [3.8, 4) is 0 Å². The van der Waals surface area contributed by atoms with E-state index in [9.17, 15) is 9.59 Å². The number of methoxy groups -OCH3 is 1. The van der Waals surface area contributed by atoms with Crippen molar-refractivity contribution in [3.05, 3.63) is 0 Å². The van der Waals surface area contributed by atoms with E-state index in [1.54, 1.807) is 0 Å². The van der Waals surface area contributed by atoms with Crippen LogP contribution >= 0.6 is 0 Å². The van der Waals surface area contributed by atoms with E-state index in [4.69, 9.17) is 4.74 Å². The summed E-state index contributed by atoms with van der Waals surface area (Å²) in [6.45, 7) is 5.56. The molecule has 1 aliphatic carbocycles. The maximum atomic E-state index is 12.3. The number of ketones is 1. The van der Waals surface area contributed by atoms with E-state index in [1.165, 1.54) is 20.0 Å². The van der Waals surface area contributed by atoms with Crippen LogP contribution in [0.4, 0.5) is 0 Å². The van der Waals surface area contributed by atoms with Gasteiger partial charge in [0.25, 0.3) is 0 Å². The molecule has 1 heterocycles. The Morgan fingerprint density at radius 1 is 1.24 bits per heavy atom. The van der Waals surface area contributed by atoms with Gasteiger partial charge in [0.15, 0.2) is 0 Å². The molecule has 0 aromatic heterocycles. The lowest BCUT2D eigenvalue weighted by Crippen LogP contribution is -2.51. The van der Waals surface area contributed by atoms with Gasteiger partial charge < -0.3 is 4.74 Å². The fourth-order valence-electron chi connectivity index (χ4n) is 3.93. The van der Waals surface area contributed by atoms with Gasteiger partial charge in [0.2, 0.25) is 0 Å². The Labute approximate surface area is 128 Å². The lowest BCUT2D eigenvalue weighted by Gasteiger charge is -2.43. The second-order valence-corrected chi connectivity index (χ2v) is 7.23. The Balaban J connectivity index is 2.08. The first-order valence-electron chi connectivity index (χ1n) is 8.31. The Bertz CT molecular complexity index is 391. The summed E-state index contributed by atoms with van der Waals surface area (Å²) < 4.78 is 4.93. The molecular formula is C17H29NO3. The number of carbonyl (C=O) groups excluding carboxylic acids is 2. The third kappa shape index (κ3) is 3.85. The predicted molar refractivity (Wildman–Crippen MR) is 82.0 cm³/mol. The summed E-state index contributed by atoms with van der Waals surface area (Å²) in [5.41, 5.74) is -0.512. The number of ether oxygens (including phenoxy) is 1. The number of rotatable bonds is 4. The van der Waals surface area contributed by atoms with Gasteiger partial charge in [0.05, 0.1) is 12.5 Å². The van der Waals surface area contributed by atoms with Gasteiger partial charge in [-0.3, -0.25) is 14.5 Å². The van der Waals surface area contributed by atoms with Gasteiger partial charge in [-0.1, -0.05) is 12.8 Å². The monoisotopic (exact) mass is 295 g/mol. The molecule has 0 radical (unpaired) electrons. The van der Waals surface area contributed by atoms with Gasteiger partial charge in [-0.05, 0) is 46.1 Å². The zero-order valence-electron chi connectivity index (χ0n) is 13.7. The minimum Gasteiger partial charge on any atom is -0.469 e. The zero-order chi connectivity index (χ0) is 15.5. The highest BCUT2D eigenvalue weighted by molar-refractivity contribution is 5.82. The van der Waals surface area contributed by atoms with Crippen LogP contribution in [0.3, 0.4) is 0 Å². The summed E-state index contributed by atoms with van der Waals surface area (Å²) in [5.74, 6) is 0.461. The number of likely N-dealkylation sites (tertiary alicyclic amines) is 1. The van der Waals surface area contributed by atoms with Crippen molar-refractivity contribution < 1.29 is 14.3 Å². The quantitative estimate of drug-likeness (QED) is 0.748. The minimum absolute atomic E-state index is 0.165. The van der Waals surface area contributed by atoms with E-state index >= 15 is 0 Å². The van der Waals surface area contributed by atoms with Crippen molar-refractivity contribution in [2.24, 2.45) is 11.3 Å². The van der Waals surface area contributed by atoms with Crippen molar-refractivity contribution in [1.29, 1.82) is 0 Å². The molecule has 0 aromatic rings. The van der Waals surface area contributed by atoms with Crippen LogP contribution in [0.15, 0.2) is 0 Å². The predicted octanol–water partition coefficient (Wildman–Crippen LogP) is 2.80. The molecule has 1 saturated carbocycles. The Hall–Kier alpha value is -0.900. The van der Waals surface area contributed by atoms with Gasteiger partial charge >= 0.3 is 5.97 Å². The number of carbonyl (C=O) groups is 2. The molecule has 4 heteroatoms. The van der Waals surface area contributed by atoms with Crippen molar-refractivity contribution in [2.75, 3.05) is 20.2 Å². The highest BCUT2D eigenvalue weighted by atomic mass is 16.5. The molecule has 4 nitrogen and oxygen atoms in total. The molecule has 2 unspecified atom stereocenters. The molecule has 21 heavy (non-hydrogen) atoms. The Kier molecular flexibility index (Phi) is 5.42. The third-order valence-electron chi connectivity index (χ3n) is 5.07. The van der Waals surface area contributed by atoms with Gasteiger partial charge in [0, 0.05) is 24.9 Å². The smallest absolute Gasteiger partial charge is 0.312 e. The number of piperidine rings is 1. The van der Waals surface area contributed by atoms with Gasteiger partial charge in [-0.25, -0.2) is 0 Å². The average molecular weight is 295 g/mol. The molecule has 0 aromatic carbocycles. The van der Waals surface area contributed by atoms with Crippen LogP contribution in [0, 0.1) is 11.3 Å². The zero-order valence-corrected chi connectivity index (χ0v) is 13.7. The maximum absolute atomic E-state index is 12.3. The summed E-state index contributed by atoms with van der Waals surface area (Å²) in [7, 11) is 1.45. The molecule has 0 spiro atoms. The van der Waals surface area contributed by atoms with Gasteiger partial charge in [0.1, 0.15) is 5.78 Å². The molecule has 120 valence electrons. The largest absolute Gasteiger partial charge is 0.469 e. The van der Waals surface area contributed by atoms with E-state index in [2.05, 4.69) is 4.90 Å². The van der Waals surface area contributed by atoms with E-state index in [-0.39, 0.29) is 11.9 Å². The summed E-state index contributed by atoms with van der Waals surface area (Å²) in [6, 6.07) is 0.329. The first-order chi connectivity index (χ1) is 9.95. The van der Waals surface area contributed by atoms with Crippen LogP contribution in [0.1, 0.15) is 58.8 Å². The summed E-state index contributed by atoms with van der Waals surface area (Å²) in [4.78, 5) is 26.6. The number of hydrogen-bond acceptors (Lipinski definition) is 4. The van der Waals surface area contributed by atoms with Gasteiger partial charge in [-0.2, -0.15) is 0 Å². The number of nitrogens with zero attached hydrogens (tertiary/aromatic N) is 1. The van der Waals surface area contributed by atoms with E-state index in [0.29, 0.717) is 18.4 Å². The Morgan fingerprint density at radius 2 is 1.95 bits per heavy atom.